The minimum atomic E-state index is 0.0168. The Balaban J connectivity index is 1.88. The van der Waals surface area contributed by atoms with Crippen molar-refractivity contribution in [1.82, 2.24) is 0 Å². The number of aryl methyl sites for hydroxylation is 1. The van der Waals surface area contributed by atoms with Gasteiger partial charge in [-0.3, -0.25) is 4.79 Å². The topological polar surface area (TPSA) is 33.5 Å². The van der Waals surface area contributed by atoms with Gasteiger partial charge in [0.2, 0.25) is 0 Å². The zero-order chi connectivity index (χ0) is 14.5. The summed E-state index contributed by atoms with van der Waals surface area (Å²) in [4.78, 5) is 13.2. The highest BCUT2D eigenvalue weighted by atomic mass is 35.5. The van der Waals surface area contributed by atoms with Gasteiger partial charge in [0, 0.05) is 16.3 Å². The largest absolute Gasteiger partial charge is 0.326 e. The Kier molecular flexibility index (Phi) is 5.17. The molecule has 0 aliphatic carbocycles. The number of hydrogen-bond acceptors (Lipinski definition) is 2. The summed E-state index contributed by atoms with van der Waals surface area (Å²) in [5, 5.41) is 7.78. The highest BCUT2D eigenvalue weighted by Crippen LogP contribution is 2.19. The van der Waals surface area contributed by atoms with Crippen LogP contribution >= 0.6 is 22.9 Å². The first-order valence-corrected chi connectivity index (χ1v) is 7.75. The van der Waals surface area contributed by atoms with Crippen molar-refractivity contribution in [3.8, 4) is 0 Å². The van der Waals surface area contributed by atoms with Crippen LogP contribution in [0.5, 0.6) is 0 Å². The SMILES string of the molecule is Cc1cc(Cl)ccc1NC(=O)C[NH+](C)Cc1ccsc1. The number of carbonyl (C=O) groups excluding carboxylic acids is 1. The van der Waals surface area contributed by atoms with Crippen molar-refractivity contribution < 1.29 is 9.69 Å². The quantitative estimate of drug-likeness (QED) is 0.873. The number of carbonyl (C=O) groups is 1. The molecule has 2 aromatic rings. The summed E-state index contributed by atoms with van der Waals surface area (Å²) in [5.41, 5.74) is 3.06. The molecule has 1 heterocycles. The van der Waals surface area contributed by atoms with Gasteiger partial charge in [0.15, 0.2) is 6.54 Å². The lowest BCUT2D eigenvalue weighted by molar-refractivity contribution is -0.885. The molecule has 1 atom stereocenters. The normalized spacial score (nSPS) is 12.2. The number of likely N-dealkylation sites (N-methyl/N-ethyl adjacent to an activating group) is 1. The van der Waals surface area contributed by atoms with E-state index in [-0.39, 0.29) is 5.91 Å². The summed E-state index contributed by atoms with van der Waals surface area (Å²) in [6.07, 6.45) is 0. The molecule has 0 aliphatic rings. The lowest BCUT2D eigenvalue weighted by Crippen LogP contribution is -3.08. The van der Waals surface area contributed by atoms with Gasteiger partial charge in [0.25, 0.3) is 5.91 Å². The summed E-state index contributed by atoms with van der Waals surface area (Å²) < 4.78 is 0. The Labute approximate surface area is 128 Å². The van der Waals surface area contributed by atoms with E-state index in [1.54, 1.807) is 17.4 Å². The third kappa shape index (κ3) is 4.34. The average molecular weight is 310 g/mol. The Bertz CT molecular complexity index is 584. The molecule has 1 aromatic carbocycles. The van der Waals surface area contributed by atoms with Crippen LogP contribution in [0.25, 0.3) is 0 Å². The number of halogens is 1. The molecular weight excluding hydrogens is 292 g/mol. The first-order valence-electron chi connectivity index (χ1n) is 6.43. The van der Waals surface area contributed by atoms with Gasteiger partial charge in [0.1, 0.15) is 6.54 Å². The van der Waals surface area contributed by atoms with Crippen LogP contribution in [-0.2, 0) is 11.3 Å². The van der Waals surface area contributed by atoms with Crippen LogP contribution in [0, 0.1) is 6.92 Å². The minimum Gasteiger partial charge on any atom is -0.326 e. The fourth-order valence-corrected chi connectivity index (χ4v) is 2.94. The van der Waals surface area contributed by atoms with E-state index in [4.69, 9.17) is 11.6 Å². The van der Waals surface area contributed by atoms with Gasteiger partial charge in [-0.2, -0.15) is 11.3 Å². The van der Waals surface area contributed by atoms with E-state index in [9.17, 15) is 4.79 Å². The zero-order valence-electron chi connectivity index (χ0n) is 11.6. The Morgan fingerprint density at radius 3 is 2.85 bits per heavy atom. The Morgan fingerprint density at radius 2 is 2.20 bits per heavy atom. The number of nitrogens with one attached hydrogen (secondary N) is 2. The van der Waals surface area contributed by atoms with Crippen LogP contribution in [0.15, 0.2) is 35.0 Å². The number of thiophene rings is 1. The Morgan fingerprint density at radius 1 is 1.40 bits per heavy atom. The molecule has 0 fully saturated rings. The van der Waals surface area contributed by atoms with Crippen LogP contribution in [0.3, 0.4) is 0 Å². The lowest BCUT2D eigenvalue weighted by Gasteiger charge is -2.14. The van der Waals surface area contributed by atoms with Gasteiger partial charge in [-0.05, 0) is 47.5 Å². The maximum Gasteiger partial charge on any atom is 0.279 e. The van der Waals surface area contributed by atoms with Gasteiger partial charge in [-0.25, -0.2) is 0 Å². The summed E-state index contributed by atoms with van der Waals surface area (Å²) in [7, 11) is 2.02. The van der Waals surface area contributed by atoms with Crippen molar-refractivity contribution in [1.29, 1.82) is 0 Å². The van der Waals surface area contributed by atoms with Crippen LogP contribution < -0.4 is 10.2 Å². The van der Waals surface area contributed by atoms with E-state index in [2.05, 4.69) is 22.1 Å². The van der Waals surface area contributed by atoms with Crippen molar-refractivity contribution in [3.63, 3.8) is 0 Å². The third-order valence-corrected chi connectivity index (χ3v) is 3.98. The second-order valence-corrected chi connectivity index (χ2v) is 6.17. The highest BCUT2D eigenvalue weighted by Gasteiger charge is 2.12. The first kappa shape index (κ1) is 15.0. The molecule has 20 heavy (non-hydrogen) atoms. The van der Waals surface area contributed by atoms with Crippen LogP contribution in [0.1, 0.15) is 11.1 Å². The van der Waals surface area contributed by atoms with Crippen LogP contribution in [0.2, 0.25) is 5.02 Å². The van der Waals surface area contributed by atoms with E-state index in [1.165, 1.54) is 5.56 Å². The second kappa shape index (κ2) is 6.88. The van der Waals surface area contributed by atoms with Gasteiger partial charge in [-0.1, -0.05) is 11.6 Å². The highest BCUT2D eigenvalue weighted by molar-refractivity contribution is 7.07. The standard InChI is InChI=1S/C15H17ClN2OS/c1-11-7-13(16)3-4-14(11)17-15(19)9-18(2)8-12-5-6-20-10-12/h3-7,10H,8-9H2,1-2H3,(H,17,19)/p+1. The summed E-state index contributed by atoms with van der Waals surface area (Å²) in [5.74, 6) is 0.0168. The fraction of sp³-hybridized carbons (Fsp3) is 0.267. The van der Waals surface area contributed by atoms with Crippen molar-refractivity contribution >= 4 is 34.5 Å². The molecule has 1 aromatic heterocycles. The summed E-state index contributed by atoms with van der Waals surface area (Å²) in [6.45, 7) is 3.23. The van der Waals surface area contributed by atoms with Gasteiger partial charge in [0.05, 0.1) is 7.05 Å². The van der Waals surface area contributed by atoms with E-state index in [0.717, 1.165) is 22.7 Å². The maximum absolute atomic E-state index is 12.0. The predicted molar refractivity (Wildman–Crippen MR) is 84.6 cm³/mol. The second-order valence-electron chi connectivity index (χ2n) is 4.95. The fourth-order valence-electron chi connectivity index (χ4n) is 2.04. The summed E-state index contributed by atoms with van der Waals surface area (Å²) >= 11 is 7.58. The number of quaternary nitrogens is 1. The molecule has 0 bridgehead atoms. The zero-order valence-corrected chi connectivity index (χ0v) is 13.1. The van der Waals surface area contributed by atoms with Gasteiger partial charge < -0.3 is 10.2 Å². The van der Waals surface area contributed by atoms with Gasteiger partial charge >= 0.3 is 0 Å². The predicted octanol–water partition coefficient (Wildman–Crippen LogP) is 2.36. The average Bonchev–Trinajstić information content (AvgIpc) is 2.85. The molecular formula is C15H18ClN2OS+. The van der Waals surface area contributed by atoms with E-state index < -0.39 is 0 Å². The van der Waals surface area contributed by atoms with Gasteiger partial charge in [-0.15, -0.1) is 0 Å². The molecule has 106 valence electrons. The molecule has 0 saturated carbocycles. The summed E-state index contributed by atoms with van der Waals surface area (Å²) in [6, 6.07) is 7.56. The maximum atomic E-state index is 12.0. The Hall–Kier alpha value is -1.36. The molecule has 0 radical (unpaired) electrons. The van der Waals surface area contributed by atoms with E-state index in [1.807, 2.05) is 26.1 Å². The van der Waals surface area contributed by atoms with Crippen LogP contribution in [0.4, 0.5) is 5.69 Å². The van der Waals surface area contributed by atoms with Crippen molar-refractivity contribution in [2.75, 3.05) is 18.9 Å². The van der Waals surface area contributed by atoms with E-state index >= 15 is 0 Å². The van der Waals surface area contributed by atoms with Crippen molar-refractivity contribution in [2.45, 2.75) is 13.5 Å². The van der Waals surface area contributed by atoms with E-state index in [0.29, 0.717) is 11.6 Å². The number of benzene rings is 1. The molecule has 5 heteroatoms. The van der Waals surface area contributed by atoms with Crippen molar-refractivity contribution in [3.05, 3.63) is 51.2 Å². The number of amides is 1. The monoisotopic (exact) mass is 309 g/mol. The van der Waals surface area contributed by atoms with Crippen LogP contribution in [-0.4, -0.2) is 19.5 Å². The smallest absolute Gasteiger partial charge is 0.279 e. The molecule has 3 nitrogen and oxygen atoms in total. The molecule has 0 aliphatic heterocycles. The number of rotatable bonds is 5. The first-order chi connectivity index (χ1) is 9.54. The molecule has 0 spiro atoms. The third-order valence-electron chi connectivity index (χ3n) is 3.01. The molecule has 1 amide bonds. The molecule has 0 saturated heterocycles. The minimum absolute atomic E-state index is 0.0168. The lowest BCUT2D eigenvalue weighted by atomic mass is 10.2. The molecule has 2 rings (SSSR count). The number of anilines is 1. The number of hydrogen-bond donors (Lipinski definition) is 2. The van der Waals surface area contributed by atoms with Crippen molar-refractivity contribution in [2.24, 2.45) is 0 Å². The molecule has 1 unspecified atom stereocenters. The molecule has 2 N–H and O–H groups in total.